The maximum atomic E-state index is 12.2. The number of nitrogens with zero attached hydrogens (tertiary/aromatic N) is 1. The fourth-order valence-corrected chi connectivity index (χ4v) is 0.979. The Morgan fingerprint density at radius 1 is 1.36 bits per heavy atom. The lowest BCUT2D eigenvalue weighted by Crippen LogP contribution is -2.04. The number of halogens is 3. The predicted molar refractivity (Wildman–Crippen MR) is 45.6 cm³/mol. The largest absolute Gasteiger partial charge is 0.416 e. The summed E-state index contributed by atoms with van der Waals surface area (Å²) in [6.45, 7) is 0. The molecule has 0 radical (unpaired) electrons. The SMILES string of the molecule is O=S=NNc1cccc(C(F)(F)F)c1. The zero-order chi connectivity index (χ0) is 10.6. The van der Waals surface area contributed by atoms with Gasteiger partial charge in [-0.1, -0.05) is 10.5 Å². The highest BCUT2D eigenvalue weighted by Gasteiger charge is 2.30. The van der Waals surface area contributed by atoms with Crippen LogP contribution >= 0.6 is 0 Å². The highest BCUT2D eigenvalue weighted by atomic mass is 32.1. The Labute approximate surface area is 81.2 Å². The fraction of sp³-hybridized carbons (Fsp3) is 0.143. The van der Waals surface area contributed by atoms with Crippen LogP contribution in [0, 0.1) is 0 Å². The number of anilines is 1. The van der Waals surface area contributed by atoms with Crippen LogP contribution in [0.5, 0.6) is 0 Å². The van der Waals surface area contributed by atoms with E-state index in [-0.39, 0.29) is 17.2 Å². The van der Waals surface area contributed by atoms with Gasteiger partial charge >= 0.3 is 6.18 Å². The number of alkyl halides is 3. The molecule has 0 aliphatic heterocycles. The van der Waals surface area contributed by atoms with Crippen molar-refractivity contribution in [3.8, 4) is 0 Å². The van der Waals surface area contributed by atoms with Crippen molar-refractivity contribution < 1.29 is 17.4 Å². The second-order valence-corrected chi connectivity index (χ2v) is 2.69. The van der Waals surface area contributed by atoms with Crippen molar-refractivity contribution in [3.05, 3.63) is 29.8 Å². The molecule has 7 heteroatoms. The second-order valence-electron chi connectivity index (χ2n) is 2.36. The van der Waals surface area contributed by atoms with E-state index in [1.165, 1.54) is 12.1 Å². The lowest BCUT2D eigenvalue weighted by atomic mass is 10.2. The molecule has 0 fully saturated rings. The monoisotopic (exact) mass is 222 g/mol. The molecule has 0 aliphatic rings. The second kappa shape index (κ2) is 4.23. The predicted octanol–water partition coefficient (Wildman–Crippen LogP) is 2.43. The van der Waals surface area contributed by atoms with E-state index in [1.807, 2.05) is 0 Å². The molecule has 0 aliphatic carbocycles. The van der Waals surface area contributed by atoms with Crippen molar-refractivity contribution in [1.82, 2.24) is 0 Å². The molecule has 0 aromatic heterocycles. The fourth-order valence-electron chi connectivity index (χ4n) is 0.836. The standard InChI is InChI=1S/C7H5F3N2OS/c8-7(9,10)5-2-1-3-6(4-5)11-12-14-13/h1-4,11H. The Morgan fingerprint density at radius 3 is 2.64 bits per heavy atom. The van der Waals surface area contributed by atoms with Gasteiger partial charge in [-0.15, -0.1) is 0 Å². The molecule has 0 atom stereocenters. The van der Waals surface area contributed by atoms with Crippen LogP contribution in [0.1, 0.15) is 5.56 Å². The quantitative estimate of drug-likeness (QED) is 0.781. The smallest absolute Gasteiger partial charge is 0.265 e. The van der Waals surface area contributed by atoms with Gasteiger partial charge in [0.2, 0.25) is 11.5 Å². The van der Waals surface area contributed by atoms with Gasteiger partial charge in [0, 0.05) is 0 Å². The third-order valence-electron chi connectivity index (χ3n) is 1.40. The van der Waals surface area contributed by atoms with Gasteiger partial charge in [0.1, 0.15) is 0 Å². The van der Waals surface area contributed by atoms with E-state index in [4.69, 9.17) is 0 Å². The van der Waals surface area contributed by atoms with E-state index in [0.717, 1.165) is 12.1 Å². The first kappa shape index (κ1) is 10.7. The molecule has 3 nitrogen and oxygen atoms in total. The molecular weight excluding hydrogens is 217 g/mol. The van der Waals surface area contributed by atoms with Crippen molar-refractivity contribution in [2.24, 2.45) is 4.47 Å². The van der Waals surface area contributed by atoms with Crippen molar-refractivity contribution in [2.45, 2.75) is 6.18 Å². The van der Waals surface area contributed by atoms with Gasteiger partial charge in [0.25, 0.3) is 0 Å². The average Bonchev–Trinajstić information content (AvgIpc) is 2.14. The van der Waals surface area contributed by atoms with Crippen molar-refractivity contribution in [3.63, 3.8) is 0 Å². The summed E-state index contributed by atoms with van der Waals surface area (Å²) in [5.41, 5.74) is 1.53. The molecule has 0 amide bonds. The van der Waals surface area contributed by atoms with E-state index in [1.54, 1.807) is 0 Å². The molecule has 0 saturated carbocycles. The first-order valence-electron chi connectivity index (χ1n) is 3.46. The molecule has 0 heterocycles. The molecule has 14 heavy (non-hydrogen) atoms. The highest BCUT2D eigenvalue weighted by Crippen LogP contribution is 2.30. The molecule has 76 valence electrons. The molecule has 0 saturated heterocycles. The Bertz CT molecular complexity index is 373. The Kier molecular flexibility index (Phi) is 3.23. The van der Waals surface area contributed by atoms with E-state index in [9.17, 15) is 17.4 Å². The lowest BCUT2D eigenvalue weighted by molar-refractivity contribution is -0.137. The summed E-state index contributed by atoms with van der Waals surface area (Å²) in [6, 6.07) is 4.43. The van der Waals surface area contributed by atoms with E-state index in [2.05, 4.69) is 9.90 Å². The Balaban J connectivity index is 2.95. The zero-order valence-corrected chi connectivity index (χ0v) is 7.52. The third-order valence-corrected chi connectivity index (χ3v) is 1.57. The molecule has 0 spiro atoms. The third kappa shape index (κ3) is 2.84. The molecule has 0 bridgehead atoms. The summed E-state index contributed by atoms with van der Waals surface area (Å²) < 4.78 is 49.5. The number of benzene rings is 1. The number of hydrogen-bond donors (Lipinski definition) is 1. The van der Waals surface area contributed by atoms with Gasteiger partial charge in [0.15, 0.2) is 0 Å². The molecular formula is C7H5F3N2OS. The normalized spacial score (nSPS) is 10.8. The van der Waals surface area contributed by atoms with Crippen LogP contribution in [0.15, 0.2) is 28.7 Å². The highest BCUT2D eigenvalue weighted by molar-refractivity contribution is 7.54. The van der Waals surface area contributed by atoms with Crippen LogP contribution in [0.2, 0.25) is 0 Å². The number of rotatable bonds is 2. The van der Waals surface area contributed by atoms with E-state index < -0.39 is 11.7 Å². The Morgan fingerprint density at radius 2 is 2.07 bits per heavy atom. The van der Waals surface area contributed by atoms with Crippen LogP contribution in [0.4, 0.5) is 18.9 Å². The van der Waals surface area contributed by atoms with Crippen molar-refractivity contribution in [1.29, 1.82) is 0 Å². The van der Waals surface area contributed by atoms with Gasteiger partial charge in [-0.3, -0.25) is 5.43 Å². The van der Waals surface area contributed by atoms with Crippen LogP contribution in [-0.2, 0) is 17.6 Å². The van der Waals surface area contributed by atoms with Gasteiger partial charge in [0.05, 0.1) is 11.3 Å². The van der Waals surface area contributed by atoms with Gasteiger partial charge < -0.3 is 0 Å². The summed E-state index contributed by atoms with van der Waals surface area (Å²) in [7, 11) is 0. The van der Waals surface area contributed by atoms with Gasteiger partial charge in [-0.2, -0.15) is 17.4 Å². The molecule has 1 aromatic carbocycles. The maximum Gasteiger partial charge on any atom is 0.416 e. The van der Waals surface area contributed by atoms with Crippen LogP contribution in [0.25, 0.3) is 0 Å². The topological polar surface area (TPSA) is 41.5 Å². The van der Waals surface area contributed by atoms with Gasteiger partial charge in [-0.05, 0) is 18.2 Å². The summed E-state index contributed by atoms with van der Waals surface area (Å²) in [5, 5.41) is 0. The first-order valence-corrected chi connectivity index (χ1v) is 4.16. The molecule has 1 N–H and O–H groups in total. The minimum absolute atomic E-state index is 0.108. The average molecular weight is 222 g/mol. The van der Waals surface area contributed by atoms with Crippen LogP contribution < -0.4 is 5.43 Å². The van der Waals surface area contributed by atoms with E-state index in [0.29, 0.717) is 0 Å². The van der Waals surface area contributed by atoms with Gasteiger partial charge in [-0.25, -0.2) is 0 Å². The summed E-state index contributed by atoms with van der Waals surface area (Å²) in [5.74, 6) is 0. The minimum Gasteiger partial charge on any atom is -0.265 e. The van der Waals surface area contributed by atoms with Crippen LogP contribution in [0.3, 0.4) is 0 Å². The zero-order valence-electron chi connectivity index (χ0n) is 6.71. The summed E-state index contributed by atoms with van der Waals surface area (Å²) in [4.78, 5) is 0. The van der Waals surface area contributed by atoms with Crippen molar-refractivity contribution >= 4 is 17.2 Å². The molecule has 1 aromatic rings. The first-order chi connectivity index (χ1) is 6.54. The Hall–Kier alpha value is -1.37. The molecule has 0 unspecified atom stereocenters. The lowest BCUT2D eigenvalue weighted by Gasteiger charge is -2.07. The minimum atomic E-state index is -4.39. The maximum absolute atomic E-state index is 12.2. The summed E-state index contributed by atoms with van der Waals surface area (Å²) >= 11 is -0.108. The van der Waals surface area contributed by atoms with Crippen LogP contribution in [-0.4, -0.2) is 4.21 Å². The summed E-state index contributed by atoms with van der Waals surface area (Å²) in [6.07, 6.45) is -4.39. The van der Waals surface area contributed by atoms with Crippen molar-refractivity contribution in [2.75, 3.05) is 5.43 Å². The molecule has 1 rings (SSSR count). The number of hydrogen-bond acceptors (Lipinski definition) is 2. The van der Waals surface area contributed by atoms with E-state index >= 15 is 0 Å². The number of nitrogens with one attached hydrogen (secondary N) is 1.